The summed E-state index contributed by atoms with van der Waals surface area (Å²) in [5, 5.41) is 10.6. The van der Waals surface area contributed by atoms with Crippen LogP contribution in [0.15, 0.2) is 0 Å². The van der Waals surface area contributed by atoms with Crippen molar-refractivity contribution in [1.82, 2.24) is 0 Å². The minimum absolute atomic E-state index is 0. The van der Waals surface area contributed by atoms with E-state index in [-0.39, 0.29) is 71.7 Å². The minimum Gasteiger partial charge on any atom is -0.463 e. The largest absolute Gasteiger partial charge is 0.463 e. The summed E-state index contributed by atoms with van der Waals surface area (Å²) in [6, 6.07) is 0. The highest BCUT2D eigenvalue weighted by molar-refractivity contribution is 5.82. The Kier molecular flexibility index (Phi) is 19.8. The molecule has 9 rings (SSSR count). The van der Waals surface area contributed by atoms with Crippen LogP contribution in [-0.2, 0) is 38.1 Å². The third kappa shape index (κ3) is 11.6. The number of hydrogen-bond donors (Lipinski definition) is 1. The van der Waals surface area contributed by atoms with Gasteiger partial charge in [-0.25, -0.2) is 4.79 Å². The molecule has 0 aromatic carbocycles. The van der Waals surface area contributed by atoms with E-state index in [0.717, 1.165) is 56.8 Å². The Balaban J connectivity index is 0.000000818. The fourth-order valence-electron chi connectivity index (χ4n) is 11.0. The van der Waals surface area contributed by atoms with Crippen LogP contribution >= 0.6 is 0 Å². The highest BCUT2D eigenvalue weighted by atomic mass is 16.6. The average molecular weight is 825 g/mol. The van der Waals surface area contributed by atoms with Crippen molar-refractivity contribution in [3.05, 3.63) is 0 Å². The second kappa shape index (κ2) is 20.6. The molecule has 342 valence electrons. The lowest BCUT2D eigenvalue weighted by molar-refractivity contribution is -0.225. The van der Waals surface area contributed by atoms with Gasteiger partial charge in [0.05, 0.1) is 28.5 Å². The molecule has 1 N–H and O–H groups in total. The summed E-state index contributed by atoms with van der Waals surface area (Å²) in [7, 11) is 0. The Morgan fingerprint density at radius 1 is 0.638 bits per heavy atom. The van der Waals surface area contributed by atoms with Crippen molar-refractivity contribution in [3.8, 4) is 0 Å². The Morgan fingerprint density at radius 3 is 1.43 bits per heavy atom. The van der Waals surface area contributed by atoms with Crippen molar-refractivity contribution in [2.75, 3.05) is 6.61 Å². The molecule has 0 aromatic heterocycles. The number of carbonyl (C=O) groups is 4. The van der Waals surface area contributed by atoms with Crippen molar-refractivity contribution in [2.45, 2.75) is 232 Å². The lowest BCUT2D eigenvalue weighted by Crippen LogP contribution is -2.61. The maximum atomic E-state index is 12.6. The number of esters is 4. The zero-order valence-corrected chi connectivity index (χ0v) is 34.8. The Morgan fingerprint density at radius 2 is 1.05 bits per heavy atom. The van der Waals surface area contributed by atoms with Crippen LogP contribution in [0.3, 0.4) is 0 Å². The van der Waals surface area contributed by atoms with Crippen molar-refractivity contribution in [2.24, 2.45) is 51.8 Å². The molecule has 9 heteroatoms. The van der Waals surface area contributed by atoms with E-state index < -0.39 is 28.5 Å². The standard InChI is InChI=1S/C18H30O2.C16H26O3.C10H16O4.5CH4/c1-5-17(3,4)16(19)20-18(6-2)14-8-12-7-13(10-14)11-15(18)9-12;1-4-14(2,3)13(17)19-16-8-11-5-12(9-16)7-15(18,6-11)10-16;1-4-10(2,3)9(12)14-7-5-6-13-8(7)11;;;;;/h12-15H,5-11H2,1-4H3;11-12,18H,4-10H2,1-3H3;7H,4-6H2,1-3H3;5*1H4. The van der Waals surface area contributed by atoms with Crippen LogP contribution in [-0.4, -0.2) is 58.5 Å². The van der Waals surface area contributed by atoms with Gasteiger partial charge in [0, 0.05) is 12.8 Å². The van der Waals surface area contributed by atoms with E-state index in [1.165, 1.54) is 38.5 Å². The van der Waals surface area contributed by atoms with Crippen LogP contribution in [0, 0.1) is 51.8 Å². The molecule has 0 radical (unpaired) electrons. The maximum absolute atomic E-state index is 12.6. The molecule has 58 heavy (non-hydrogen) atoms. The first kappa shape index (κ1) is 55.8. The highest BCUT2D eigenvalue weighted by Crippen LogP contribution is 2.61. The lowest BCUT2D eigenvalue weighted by atomic mass is 9.49. The second-order valence-electron chi connectivity index (χ2n) is 20.3. The van der Waals surface area contributed by atoms with Crippen LogP contribution in [0.4, 0.5) is 0 Å². The first-order valence-electron chi connectivity index (χ1n) is 21.2. The van der Waals surface area contributed by atoms with E-state index >= 15 is 0 Å². The smallest absolute Gasteiger partial charge is 0.347 e. The number of hydrogen-bond acceptors (Lipinski definition) is 9. The molecule has 3 unspecified atom stereocenters. The molecule has 9 fully saturated rings. The van der Waals surface area contributed by atoms with Gasteiger partial charge in [-0.05, 0) is 167 Å². The first-order chi connectivity index (χ1) is 24.6. The third-order valence-corrected chi connectivity index (χ3v) is 15.1. The number of cyclic esters (lactones) is 1. The number of carbonyl (C=O) groups excluding carboxylic acids is 4. The van der Waals surface area contributed by atoms with Crippen LogP contribution in [0.1, 0.15) is 209 Å². The summed E-state index contributed by atoms with van der Waals surface area (Å²) >= 11 is 0. The molecule has 8 bridgehead atoms. The Bertz CT molecular complexity index is 1320. The van der Waals surface area contributed by atoms with E-state index in [9.17, 15) is 24.3 Å². The van der Waals surface area contributed by atoms with Crippen LogP contribution < -0.4 is 0 Å². The predicted molar refractivity (Wildman–Crippen MR) is 236 cm³/mol. The third-order valence-electron chi connectivity index (χ3n) is 15.1. The van der Waals surface area contributed by atoms with Gasteiger partial charge < -0.3 is 24.1 Å². The lowest BCUT2D eigenvalue weighted by Gasteiger charge is -2.60. The van der Waals surface area contributed by atoms with Gasteiger partial charge in [-0.3, -0.25) is 14.4 Å². The van der Waals surface area contributed by atoms with Crippen LogP contribution in [0.2, 0.25) is 0 Å². The second-order valence-corrected chi connectivity index (χ2v) is 20.3. The molecule has 0 aromatic rings. The van der Waals surface area contributed by atoms with Crippen molar-refractivity contribution in [3.63, 3.8) is 0 Å². The first-order valence-corrected chi connectivity index (χ1v) is 21.2. The molecule has 1 aliphatic heterocycles. The molecular weight excluding hydrogens is 733 g/mol. The molecule has 1 heterocycles. The number of rotatable bonds is 10. The maximum Gasteiger partial charge on any atom is 0.347 e. The fraction of sp³-hybridized carbons (Fsp3) is 0.918. The summed E-state index contributed by atoms with van der Waals surface area (Å²) < 4.78 is 22.0. The average Bonchev–Trinajstić information content (AvgIpc) is 3.48. The highest BCUT2D eigenvalue weighted by Gasteiger charge is 2.60. The Labute approximate surface area is 356 Å². The molecule has 3 atom stereocenters. The van der Waals surface area contributed by atoms with E-state index in [0.29, 0.717) is 49.5 Å². The molecule has 0 amide bonds. The number of aliphatic hydroxyl groups is 1. The van der Waals surface area contributed by atoms with Gasteiger partial charge in [0.2, 0.25) is 6.10 Å². The summed E-state index contributed by atoms with van der Waals surface area (Å²) in [5.74, 6) is 3.45. The summed E-state index contributed by atoms with van der Waals surface area (Å²) in [4.78, 5) is 47.6. The molecule has 1 saturated heterocycles. The van der Waals surface area contributed by atoms with Crippen LogP contribution in [0.5, 0.6) is 0 Å². The van der Waals surface area contributed by atoms with Crippen molar-refractivity contribution >= 4 is 23.9 Å². The Hall–Kier alpha value is -2.16. The topological polar surface area (TPSA) is 125 Å². The monoisotopic (exact) mass is 825 g/mol. The van der Waals surface area contributed by atoms with Gasteiger partial charge in [-0.2, -0.15) is 0 Å². The van der Waals surface area contributed by atoms with Gasteiger partial charge in [0.1, 0.15) is 11.2 Å². The van der Waals surface area contributed by atoms with Gasteiger partial charge in [0.25, 0.3) is 0 Å². The quantitative estimate of drug-likeness (QED) is 0.169. The zero-order valence-electron chi connectivity index (χ0n) is 34.8. The fourth-order valence-corrected chi connectivity index (χ4v) is 11.0. The van der Waals surface area contributed by atoms with E-state index in [4.69, 9.17) is 18.9 Å². The molecule has 8 saturated carbocycles. The molecule has 9 nitrogen and oxygen atoms in total. The summed E-state index contributed by atoms with van der Waals surface area (Å²) in [6.07, 6.45) is 15.5. The number of ether oxygens (including phenoxy) is 4. The summed E-state index contributed by atoms with van der Waals surface area (Å²) in [6.45, 7) is 20.1. The van der Waals surface area contributed by atoms with E-state index in [1.54, 1.807) is 13.8 Å². The van der Waals surface area contributed by atoms with Crippen molar-refractivity contribution < 1.29 is 43.2 Å². The van der Waals surface area contributed by atoms with E-state index in [1.807, 2.05) is 41.5 Å². The molecular formula is C49H92O9. The SMILES string of the molecule is C.C.C.C.C.CCC(C)(C)C(=O)OC1(CC)C2CC3CC(C2)CC1C3.CCC(C)(C)C(=O)OC12CC3CC(CC(O)(C3)C1)C2.CCC(C)(C)C(=O)OC1CCOC1=O. The van der Waals surface area contributed by atoms with Crippen LogP contribution in [0.25, 0.3) is 0 Å². The zero-order chi connectivity index (χ0) is 39.2. The van der Waals surface area contributed by atoms with E-state index in [2.05, 4.69) is 13.8 Å². The van der Waals surface area contributed by atoms with Gasteiger partial charge >= 0.3 is 23.9 Å². The molecule has 8 aliphatic carbocycles. The van der Waals surface area contributed by atoms with Gasteiger partial charge in [-0.15, -0.1) is 0 Å². The summed E-state index contributed by atoms with van der Waals surface area (Å²) in [5.41, 5.74) is -2.31. The minimum atomic E-state index is -0.687. The van der Waals surface area contributed by atoms with Crippen molar-refractivity contribution in [1.29, 1.82) is 0 Å². The molecule has 0 spiro atoms. The van der Waals surface area contributed by atoms with Gasteiger partial charge in [0.15, 0.2) is 0 Å². The molecule has 9 aliphatic rings. The normalized spacial score (nSPS) is 34.6. The van der Waals surface area contributed by atoms with Gasteiger partial charge in [-0.1, -0.05) is 64.8 Å². The predicted octanol–water partition coefficient (Wildman–Crippen LogP) is 12.1.